The van der Waals surface area contributed by atoms with Crippen molar-refractivity contribution >= 4 is 9.05 Å². The van der Waals surface area contributed by atoms with Crippen molar-refractivity contribution in [2.75, 3.05) is 6.61 Å². The summed E-state index contributed by atoms with van der Waals surface area (Å²) in [5, 5.41) is 0. The molecule has 0 unspecified atom stereocenters. The zero-order valence-electron chi connectivity index (χ0n) is 9.67. The number of rotatable bonds is 6. The van der Waals surface area contributed by atoms with E-state index in [0.29, 0.717) is 6.42 Å². The minimum Gasteiger partial charge on any atom is -0.861 e. The fraction of sp³-hybridized carbons (Fsp3) is 1.00. The van der Waals surface area contributed by atoms with Gasteiger partial charge in [0.2, 0.25) is 0 Å². The Morgan fingerprint density at radius 2 is 1.43 bits per heavy atom. The van der Waals surface area contributed by atoms with Crippen LogP contribution in [-0.4, -0.2) is 15.7 Å². The first-order chi connectivity index (χ1) is 5.06. The summed E-state index contributed by atoms with van der Waals surface area (Å²) in [6, 6.07) is 0. The van der Waals surface area contributed by atoms with Gasteiger partial charge < -0.3 is 18.8 Å². The van der Waals surface area contributed by atoms with Crippen LogP contribution in [0.1, 0.15) is 32.6 Å². The van der Waals surface area contributed by atoms with Crippen molar-refractivity contribution in [3.8, 4) is 0 Å². The molecule has 0 amide bonds. The smallest absolute Gasteiger partial charge is 0.861 e. The molecule has 0 aromatic rings. The third kappa shape index (κ3) is 24.3. The van der Waals surface area contributed by atoms with E-state index >= 15 is 0 Å². The molecule has 0 atom stereocenters. The molecule has 0 saturated carbocycles. The van der Waals surface area contributed by atoms with Gasteiger partial charge >= 0.3 is 88.7 Å². The van der Waals surface area contributed by atoms with Crippen LogP contribution in [0.25, 0.3) is 0 Å². The van der Waals surface area contributed by atoms with Crippen LogP contribution in [0.4, 0.5) is 0 Å². The minimum atomic E-state index is -4.97. The van der Waals surface area contributed by atoms with E-state index in [1.54, 1.807) is 0 Å². The molecule has 0 heterocycles. The quantitative estimate of drug-likeness (QED) is 0.344. The Balaban J connectivity index is -0.000000167. The molecule has 0 bridgehead atoms. The molecular weight excluding hydrogens is 233 g/mol. The maximum atomic E-state index is 9.94. The van der Waals surface area contributed by atoms with Gasteiger partial charge in [-0.25, -0.2) is 0 Å². The Kier molecular flexibility index (Phi) is 29.6. The molecule has 8 heteroatoms. The molecule has 0 aliphatic carbocycles. The molecule has 0 N–H and O–H groups in total. The van der Waals surface area contributed by atoms with Gasteiger partial charge in [0.1, 0.15) is 0 Å². The van der Waals surface area contributed by atoms with Gasteiger partial charge in [0.05, 0.1) is 0 Å². The summed E-state index contributed by atoms with van der Waals surface area (Å²) in [5.74, 6) is 0. The molecule has 0 fully saturated rings. The first-order valence-corrected chi connectivity index (χ1v) is 5.45. The average molecular weight is 246 g/mol. The van der Waals surface area contributed by atoms with Gasteiger partial charge in [-0.3, -0.25) is 0 Å². The molecular formula is C6H13Na3O4Si. The van der Waals surface area contributed by atoms with Crippen LogP contribution < -0.4 is 103 Å². The normalized spacial score (nSPS) is 9.43. The van der Waals surface area contributed by atoms with Gasteiger partial charge in [-0.2, -0.15) is 0 Å². The summed E-state index contributed by atoms with van der Waals surface area (Å²) in [6.07, 6.45) is 3.69. The molecule has 14 heavy (non-hydrogen) atoms. The monoisotopic (exact) mass is 246 g/mol. The van der Waals surface area contributed by atoms with Crippen LogP contribution in [-0.2, 0) is 4.43 Å². The predicted octanol–water partition coefficient (Wildman–Crippen LogP) is -10.9. The molecule has 0 aliphatic rings. The van der Waals surface area contributed by atoms with Gasteiger partial charge in [0.15, 0.2) is 0 Å². The van der Waals surface area contributed by atoms with Crippen LogP contribution in [0.3, 0.4) is 0 Å². The topological polar surface area (TPSA) is 78.4 Å². The maximum absolute atomic E-state index is 9.94. The molecule has 4 nitrogen and oxygen atoms in total. The zero-order chi connectivity index (χ0) is 8.74. The molecule has 0 aliphatic heterocycles. The van der Waals surface area contributed by atoms with E-state index in [1.165, 1.54) is 0 Å². The molecule has 0 radical (unpaired) electrons. The zero-order valence-corrected chi connectivity index (χ0v) is 16.7. The van der Waals surface area contributed by atoms with Crippen LogP contribution in [0.15, 0.2) is 0 Å². The van der Waals surface area contributed by atoms with Crippen molar-refractivity contribution in [1.82, 2.24) is 0 Å². The Bertz CT molecular complexity index is 102. The summed E-state index contributed by atoms with van der Waals surface area (Å²) in [7, 11) is -4.97. The van der Waals surface area contributed by atoms with Crippen molar-refractivity contribution in [3.63, 3.8) is 0 Å². The fourth-order valence-electron chi connectivity index (χ4n) is 0.726. The van der Waals surface area contributed by atoms with Crippen molar-refractivity contribution in [2.45, 2.75) is 32.6 Å². The largest absolute Gasteiger partial charge is 1.00 e. The Morgan fingerprint density at radius 1 is 0.929 bits per heavy atom. The van der Waals surface area contributed by atoms with Crippen LogP contribution in [0.5, 0.6) is 0 Å². The average Bonchev–Trinajstić information content (AvgIpc) is 1.85. The summed E-state index contributed by atoms with van der Waals surface area (Å²) >= 11 is 0. The van der Waals surface area contributed by atoms with E-state index in [0.717, 1.165) is 19.3 Å². The van der Waals surface area contributed by atoms with Gasteiger partial charge in [-0.15, -0.1) is 9.05 Å². The van der Waals surface area contributed by atoms with Crippen LogP contribution in [0, 0.1) is 0 Å². The van der Waals surface area contributed by atoms with Gasteiger partial charge in [0.25, 0.3) is 0 Å². The Morgan fingerprint density at radius 3 is 1.79 bits per heavy atom. The Labute approximate surface area is 153 Å². The van der Waals surface area contributed by atoms with Crippen molar-refractivity contribution in [3.05, 3.63) is 0 Å². The molecule has 0 rings (SSSR count). The second-order valence-corrected chi connectivity index (χ2v) is 3.70. The maximum Gasteiger partial charge on any atom is 1.00 e. The summed E-state index contributed by atoms with van der Waals surface area (Å²) in [5.41, 5.74) is 0. The summed E-state index contributed by atoms with van der Waals surface area (Å²) in [6.45, 7) is 2.09. The van der Waals surface area contributed by atoms with E-state index in [9.17, 15) is 14.4 Å². The van der Waals surface area contributed by atoms with Crippen molar-refractivity contribution in [2.24, 2.45) is 0 Å². The first kappa shape index (κ1) is 25.8. The second kappa shape index (κ2) is 16.1. The number of unbranched alkanes of at least 4 members (excludes halogenated alkanes) is 3. The van der Waals surface area contributed by atoms with Gasteiger partial charge in [-0.05, 0) is 6.42 Å². The Hall–Kier alpha value is 3.06. The van der Waals surface area contributed by atoms with Gasteiger partial charge in [0, 0.05) is 6.61 Å². The number of hydrogen-bond donors (Lipinski definition) is 0. The standard InChI is InChI=1S/C6H13O4Si.3Na/c1-2-3-4-5-6-10-11(7,8)9;;;/h2-6H2,1H3;;;/q-3;3*+1. The number of hydrogen-bond acceptors (Lipinski definition) is 4. The van der Waals surface area contributed by atoms with Gasteiger partial charge in [-0.1, -0.05) is 26.2 Å². The van der Waals surface area contributed by atoms with E-state index in [-0.39, 0.29) is 95.3 Å². The molecule has 0 saturated heterocycles. The SMILES string of the molecule is CCCCCCO[Si]([O-])([O-])[O-].[Na+].[Na+].[Na+]. The van der Waals surface area contributed by atoms with Crippen LogP contribution >= 0.6 is 0 Å². The fourth-order valence-corrected chi connectivity index (χ4v) is 1.12. The van der Waals surface area contributed by atoms with Crippen molar-refractivity contribution < 1.29 is 107 Å². The minimum absolute atomic E-state index is 0. The van der Waals surface area contributed by atoms with E-state index in [2.05, 4.69) is 11.3 Å². The van der Waals surface area contributed by atoms with Crippen molar-refractivity contribution in [1.29, 1.82) is 0 Å². The van der Waals surface area contributed by atoms with Crippen LogP contribution in [0.2, 0.25) is 0 Å². The molecule has 0 spiro atoms. The predicted molar refractivity (Wildman–Crippen MR) is 35.8 cm³/mol. The molecule has 0 aromatic carbocycles. The third-order valence-electron chi connectivity index (χ3n) is 1.28. The molecule has 0 aromatic heterocycles. The summed E-state index contributed by atoms with van der Waals surface area (Å²) < 4.78 is 4.05. The molecule has 68 valence electrons. The summed E-state index contributed by atoms with van der Waals surface area (Å²) in [4.78, 5) is 29.8. The second-order valence-electron chi connectivity index (χ2n) is 2.41. The van der Waals surface area contributed by atoms with E-state index in [1.807, 2.05) is 0 Å². The first-order valence-electron chi connectivity index (χ1n) is 3.81. The van der Waals surface area contributed by atoms with E-state index in [4.69, 9.17) is 0 Å². The third-order valence-corrected chi connectivity index (χ3v) is 1.83. The van der Waals surface area contributed by atoms with E-state index < -0.39 is 9.05 Å².